The predicted octanol–water partition coefficient (Wildman–Crippen LogP) is 2.20. The maximum absolute atomic E-state index is 7.33. The minimum Gasteiger partial charge on any atom is -0.382 e. The minimum absolute atomic E-state index is 0.442. The molecule has 0 bridgehead atoms. The first kappa shape index (κ1) is 23.8. The molecule has 1 aromatic heterocycles. The van der Waals surface area contributed by atoms with Gasteiger partial charge in [-0.1, -0.05) is 25.4 Å². The van der Waals surface area contributed by atoms with Gasteiger partial charge in [0.05, 0.1) is 5.52 Å². The van der Waals surface area contributed by atoms with Crippen LogP contribution in [0.15, 0.2) is 30.5 Å². The van der Waals surface area contributed by atoms with Crippen molar-refractivity contribution in [3.8, 4) is 0 Å². The lowest BCUT2D eigenvalue weighted by Gasteiger charge is -2.20. The molecule has 1 aromatic carbocycles. The van der Waals surface area contributed by atoms with E-state index in [0.29, 0.717) is 6.04 Å². The average Bonchev–Trinajstić information content (AvgIpc) is 2.57. The van der Waals surface area contributed by atoms with Gasteiger partial charge >= 0.3 is 9.05 Å². The third-order valence-corrected chi connectivity index (χ3v) is 4.35. The summed E-state index contributed by atoms with van der Waals surface area (Å²) >= 11 is 6.04. The first-order valence-electron chi connectivity index (χ1n) is 9.06. The third-order valence-electron chi connectivity index (χ3n) is 4.11. The van der Waals surface area contributed by atoms with Crippen molar-refractivity contribution in [1.29, 1.82) is 0 Å². The molecule has 0 aliphatic rings. The maximum Gasteiger partial charge on any atom is 0.668 e. The Balaban J connectivity index is 0.000000646. The highest BCUT2D eigenvalue weighted by Crippen LogP contribution is 2.25. The largest absolute Gasteiger partial charge is 0.668 e. The van der Waals surface area contributed by atoms with Crippen molar-refractivity contribution in [2.24, 2.45) is 0 Å². The number of benzene rings is 1. The van der Waals surface area contributed by atoms with Gasteiger partial charge in [0.2, 0.25) is 0 Å². The van der Waals surface area contributed by atoms with Crippen molar-refractivity contribution in [2.45, 2.75) is 39.7 Å². The number of aromatic nitrogens is 1. The van der Waals surface area contributed by atoms with Crippen LogP contribution in [0.3, 0.4) is 0 Å². The molecule has 0 amide bonds. The van der Waals surface area contributed by atoms with E-state index >= 15 is 0 Å². The highest BCUT2D eigenvalue weighted by molar-refractivity contribution is 6.46. The summed E-state index contributed by atoms with van der Waals surface area (Å²) in [5, 5.41) is 5.47. The van der Waals surface area contributed by atoms with Gasteiger partial charge in [-0.3, -0.25) is 4.98 Å². The van der Waals surface area contributed by atoms with E-state index in [1.165, 1.54) is 13.0 Å². The number of anilines is 1. The highest BCUT2D eigenvalue weighted by atomic mass is 35.5. The van der Waals surface area contributed by atoms with E-state index in [1.54, 1.807) is 0 Å². The van der Waals surface area contributed by atoms with E-state index in [4.69, 9.17) is 30.8 Å². The molecule has 9 heteroatoms. The van der Waals surface area contributed by atoms with Crippen molar-refractivity contribution in [3.05, 3.63) is 35.5 Å². The summed E-state index contributed by atoms with van der Waals surface area (Å²) in [4.78, 5) is 36.2. The molecule has 7 nitrogen and oxygen atoms in total. The van der Waals surface area contributed by atoms with Gasteiger partial charge in [-0.2, -0.15) is 0 Å². The van der Waals surface area contributed by atoms with Gasteiger partial charge in [-0.05, 0) is 63.7 Å². The molecule has 0 aliphatic heterocycles. The van der Waals surface area contributed by atoms with Crippen LogP contribution in [0.25, 0.3) is 10.9 Å². The standard InChI is InChI=1S/C18H26ClN3.H4O4Si/c1-4-22(5-2)12-6-7-14(3)21-17-10-11-20-18-13-15(19)8-9-16(17)18;1-5(2,3)4/h8-11,13-14H,4-7,12H2,1-3H3,(H,20,21);1-4H. The number of nitrogens with one attached hydrogen (secondary N) is 1. The number of halogens is 1. The smallest absolute Gasteiger partial charge is 0.382 e. The van der Waals surface area contributed by atoms with Crippen LogP contribution in [0, 0.1) is 0 Å². The lowest BCUT2D eigenvalue weighted by atomic mass is 10.1. The molecule has 1 unspecified atom stereocenters. The van der Waals surface area contributed by atoms with Gasteiger partial charge < -0.3 is 29.4 Å². The first-order valence-corrected chi connectivity index (χ1v) is 11.2. The Hall–Kier alpha value is -1.26. The van der Waals surface area contributed by atoms with Crippen LogP contribution in [0.5, 0.6) is 0 Å². The van der Waals surface area contributed by atoms with Gasteiger partial charge in [-0.15, -0.1) is 0 Å². The van der Waals surface area contributed by atoms with Crippen molar-refractivity contribution in [2.75, 3.05) is 25.0 Å². The van der Waals surface area contributed by atoms with Crippen LogP contribution < -0.4 is 5.32 Å². The molecule has 0 spiro atoms. The number of nitrogens with zero attached hydrogens (tertiary/aromatic N) is 2. The van der Waals surface area contributed by atoms with E-state index in [9.17, 15) is 0 Å². The number of rotatable bonds is 8. The molecule has 1 heterocycles. The van der Waals surface area contributed by atoms with Crippen molar-refractivity contribution >= 4 is 37.2 Å². The molecule has 2 aromatic rings. The van der Waals surface area contributed by atoms with Gasteiger partial charge in [0.15, 0.2) is 0 Å². The molecular weight excluding hydrogens is 386 g/mol. The zero-order valence-electron chi connectivity index (χ0n) is 16.1. The Morgan fingerprint density at radius 1 is 1.15 bits per heavy atom. The summed E-state index contributed by atoms with van der Waals surface area (Å²) in [6, 6.07) is 8.35. The third kappa shape index (κ3) is 10.0. The molecule has 1 atom stereocenters. The monoisotopic (exact) mass is 415 g/mol. The lowest BCUT2D eigenvalue weighted by molar-refractivity contribution is 0.117. The summed E-state index contributed by atoms with van der Waals surface area (Å²) in [7, 11) is -4.61. The molecular formula is C18H30ClN3O4Si. The van der Waals surface area contributed by atoms with Gasteiger partial charge in [0.1, 0.15) is 0 Å². The fourth-order valence-corrected chi connectivity index (χ4v) is 2.91. The number of hydrogen-bond donors (Lipinski definition) is 5. The summed E-state index contributed by atoms with van der Waals surface area (Å²) in [6.45, 7) is 10.1. The van der Waals surface area contributed by atoms with E-state index in [1.807, 2.05) is 30.5 Å². The van der Waals surface area contributed by atoms with Crippen LogP contribution >= 0.6 is 11.6 Å². The number of pyridine rings is 1. The summed E-state index contributed by atoms with van der Waals surface area (Å²) < 4.78 is 0. The zero-order chi connectivity index (χ0) is 20.4. The van der Waals surface area contributed by atoms with E-state index in [2.05, 4.69) is 36.0 Å². The van der Waals surface area contributed by atoms with Crippen molar-refractivity contribution < 1.29 is 19.2 Å². The van der Waals surface area contributed by atoms with Crippen LogP contribution in [-0.2, 0) is 0 Å². The highest BCUT2D eigenvalue weighted by Gasteiger charge is 2.22. The number of hydrogen-bond acceptors (Lipinski definition) is 7. The lowest BCUT2D eigenvalue weighted by Crippen LogP contribution is -2.33. The first-order chi connectivity index (χ1) is 12.6. The Morgan fingerprint density at radius 2 is 1.78 bits per heavy atom. The second-order valence-electron chi connectivity index (χ2n) is 6.33. The maximum atomic E-state index is 7.33. The molecule has 27 heavy (non-hydrogen) atoms. The fraction of sp³-hybridized carbons (Fsp3) is 0.500. The second kappa shape index (κ2) is 11.6. The van der Waals surface area contributed by atoms with E-state index in [-0.39, 0.29) is 0 Å². The van der Waals surface area contributed by atoms with Crippen LogP contribution in [0.1, 0.15) is 33.6 Å². The zero-order valence-corrected chi connectivity index (χ0v) is 17.8. The normalized spacial score (nSPS) is 12.6. The van der Waals surface area contributed by atoms with Crippen LogP contribution in [0.4, 0.5) is 5.69 Å². The molecule has 0 aliphatic carbocycles. The number of fused-ring (bicyclic) bond motifs is 1. The van der Waals surface area contributed by atoms with Crippen LogP contribution in [0.2, 0.25) is 5.02 Å². The Kier molecular flexibility index (Phi) is 10.2. The average molecular weight is 416 g/mol. The minimum atomic E-state index is -4.61. The van der Waals surface area contributed by atoms with Crippen LogP contribution in [-0.4, -0.2) is 63.8 Å². The molecule has 5 N–H and O–H groups in total. The molecule has 0 saturated heterocycles. The Morgan fingerprint density at radius 3 is 2.37 bits per heavy atom. The summed E-state index contributed by atoms with van der Waals surface area (Å²) in [6.07, 6.45) is 4.21. The second-order valence-corrected chi connectivity index (χ2v) is 7.97. The van der Waals surface area contributed by atoms with Gasteiger partial charge in [0, 0.05) is 28.3 Å². The van der Waals surface area contributed by atoms with E-state index in [0.717, 1.165) is 41.1 Å². The van der Waals surface area contributed by atoms with Gasteiger partial charge in [0.25, 0.3) is 0 Å². The summed E-state index contributed by atoms with van der Waals surface area (Å²) in [5.41, 5.74) is 2.07. The Labute approximate surface area is 166 Å². The molecule has 0 radical (unpaired) electrons. The van der Waals surface area contributed by atoms with Crippen molar-refractivity contribution in [1.82, 2.24) is 9.88 Å². The van der Waals surface area contributed by atoms with E-state index < -0.39 is 9.05 Å². The fourth-order valence-electron chi connectivity index (χ4n) is 2.75. The van der Waals surface area contributed by atoms with Crippen molar-refractivity contribution in [3.63, 3.8) is 0 Å². The molecule has 0 fully saturated rings. The molecule has 0 saturated carbocycles. The Bertz CT molecular complexity index is 690. The molecule has 2 rings (SSSR count). The van der Waals surface area contributed by atoms with Gasteiger partial charge in [-0.25, -0.2) is 0 Å². The summed E-state index contributed by atoms with van der Waals surface area (Å²) in [5.74, 6) is 0. The molecule has 152 valence electrons. The predicted molar refractivity (Wildman–Crippen MR) is 111 cm³/mol. The SMILES string of the molecule is CCN(CC)CCCC(C)Nc1ccnc2cc(Cl)ccc12.O[Si](O)(O)O. The topological polar surface area (TPSA) is 109 Å². The quantitative estimate of drug-likeness (QED) is 0.420.